The van der Waals surface area contributed by atoms with Gasteiger partial charge in [0.25, 0.3) is 0 Å². The molecule has 0 atom stereocenters. The SMILES string of the molecule is Cc1cc(C)cc(-n2ccc3ccsc32)c1. The van der Waals surface area contributed by atoms with Gasteiger partial charge in [-0.25, -0.2) is 0 Å². The van der Waals surface area contributed by atoms with Gasteiger partial charge in [-0.05, 0) is 54.6 Å². The minimum atomic E-state index is 1.26. The first-order valence-electron chi connectivity index (χ1n) is 5.37. The van der Waals surface area contributed by atoms with E-state index in [1.54, 1.807) is 11.3 Å². The van der Waals surface area contributed by atoms with Gasteiger partial charge in [0.1, 0.15) is 4.83 Å². The van der Waals surface area contributed by atoms with Crippen LogP contribution in [-0.4, -0.2) is 4.57 Å². The molecule has 80 valence electrons. The lowest BCUT2D eigenvalue weighted by Gasteiger charge is -2.06. The van der Waals surface area contributed by atoms with Crippen LogP contribution in [0.5, 0.6) is 0 Å². The van der Waals surface area contributed by atoms with Crippen molar-refractivity contribution in [1.29, 1.82) is 0 Å². The van der Waals surface area contributed by atoms with Crippen molar-refractivity contribution in [3.05, 3.63) is 53.0 Å². The van der Waals surface area contributed by atoms with Crippen LogP contribution in [0.4, 0.5) is 0 Å². The first-order chi connectivity index (χ1) is 7.74. The van der Waals surface area contributed by atoms with Gasteiger partial charge in [-0.3, -0.25) is 0 Å². The van der Waals surface area contributed by atoms with E-state index in [1.807, 2.05) is 0 Å². The van der Waals surface area contributed by atoms with Gasteiger partial charge in [-0.2, -0.15) is 0 Å². The van der Waals surface area contributed by atoms with Crippen LogP contribution in [0.15, 0.2) is 41.9 Å². The van der Waals surface area contributed by atoms with E-state index < -0.39 is 0 Å². The van der Waals surface area contributed by atoms with Crippen molar-refractivity contribution >= 4 is 21.6 Å². The summed E-state index contributed by atoms with van der Waals surface area (Å²) in [6.45, 7) is 4.29. The molecule has 0 radical (unpaired) electrons. The van der Waals surface area contributed by atoms with Gasteiger partial charge >= 0.3 is 0 Å². The summed E-state index contributed by atoms with van der Waals surface area (Å²) in [5.74, 6) is 0. The molecule has 0 aliphatic rings. The molecule has 2 heteroatoms. The van der Waals surface area contributed by atoms with E-state index in [9.17, 15) is 0 Å². The van der Waals surface area contributed by atoms with E-state index >= 15 is 0 Å². The number of aryl methyl sites for hydroxylation is 2. The molecule has 1 aromatic carbocycles. The Morgan fingerprint density at radius 2 is 1.75 bits per heavy atom. The molecule has 3 aromatic rings. The highest BCUT2D eigenvalue weighted by molar-refractivity contribution is 7.16. The van der Waals surface area contributed by atoms with Crippen molar-refractivity contribution in [2.24, 2.45) is 0 Å². The molecule has 2 heterocycles. The fourth-order valence-corrected chi connectivity index (χ4v) is 3.04. The highest BCUT2D eigenvalue weighted by Crippen LogP contribution is 2.26. The summed E-state index contributed by atoms with van der Waals surface area (Å²) in [5, 5.41) is 3.47. The van der Waals surface area contributed by atoms with Gasteiger partial charge in [0.05, 0.1) is 0 Å². The maximum Gasteiger partial charge on any atom is 0.107 e. The van der Waals surface area contributed by atoms with E-state index in [2.05, 4.69) is 60.3 Å². The largest absolute Gasteiger partial charge is 0.308 e. The molecule has 0 unspecified atom stereocenters. The minimum absolute atomic E-state index is 1.26. The highest BCUT2D eigenvalue weighted by Gasteiger charge is 2.04. The number of fused-ring (bicyclic) bond motifs is 1. The normalized spacial score (nSPS) is 11.1. The molecule has 0 bridgehead atoms. The molecule has 1 nitrogen and oxygen atoms in total. The van der Waals surface area contributed by atoms with E-state index in [4.69, 9.17) is 0 Å². The Bertz CT molecular complexity index is 625. The predicted octanol–water partition coefficient (Wildman–Crippen LogP) is 4.31. The van der Waals surface area contributed by atoms with Crippen molar-refractivity contribution in [2.45, 2.75) is 13.8 Å². The molecule has 2 aromatic heterocycles. The van der Waals surface area contributed by atoms with Gasteiger partial charge in [-0.15, -0.1) is 11.3 Å². The monoisotopic (exact) mass is 227 g/mol. The van der Waals surface area contributed by atoms with Crippen molar-refractivity contribution in [2.75, 3.05) is 0 Å². The van der Waals surface area contributed by atoms with Crippen LogP contribution in [0.1, 0.15) is 11.1 Å². The molecule has 0 aliphatic heterocycles. The van der Waals surface area contributed by atoms with Gasteiger partial charge in [-0.1, -0.05) is 6.07 Å². The van der Waals surface area contributed by atoms with Crippen molar-refractivity contribution < 1.29 is 0 Å². The average Bonchev–Trinajstić information content (AvgIpc) is 2.75. The number of benzene rings is 1. The lowest BCUT2D eigenvalue weighted by molar-refractivity contribution is 1.12. The molecule has 0 spiro atoms. The highest BCUT2D eigenvalue weighted by atomic mass is 32.1. The fraction of sp³-hybridized carbons (Fsp3) is 0.143. The number of hydrogen-bond acceptors (Lipinski definition) is 1. The molecule has 0 fully saturated rings. The molecule has 0 amide bonds. The van der Waals surface area contributed by atoms with Crippen LogP contribution >= 0.6 is 11.3 Å². The molecule has 3 rings (SSSR count). The van der Waals surface area contributed by atoms with Crippen LogP contribution < -0.4 is 0 Å². The van der Waals surface area contributed by atoms with Crippen LogP contribution in [-0.2, 0) is 0 Å². The second-order valence-corrected chi connectivity index (χ2v) is 5.11. The lowest BCUT2D eigenvalue weighted by atomic mass is 10.1. The van der Waals surface area contributed by atoms with Gasteiger partial charge < -0.3 is 4.57 Å². The number of hydrogen-bond donors (Lipinski definition) is 0. The molecule has 0 saturated heterocycles. The number of aromatic nitrogens is 1. The number of nitrogens with zero attached hydrogens (tertiary/aromatic N) is 1. The molecule has 16 heavy (non-hydrogen) atoms. The Morgan fingerprint density at radius 3 is 2.50 bits per heavy atom. The predicted molar refractivity (Wildman–Crippen MR) is 70.6 cm³/mol. The average molecular weight is 227 g/mol. The Balaban J connectivity index is 2.26. The molecular weight excluding hydrogens is 214 g/mol. The molecule has 0 saturated carbocycles. The Morgan fingerprint density at radius 1 is 1.00 bits per heavy atom. The second-order valence-electron chi connectivity index (χ2n) is 4.21. The topological polar surface area (TPSA) is 4.93 Å². The molecule has 0 aliphatic carbocycles. The van der Waals surface area contributed by atoms with Crippen LogP contribution in [0.3, 0.4) is 0 Å². The summed E-state index contributed by atoms with van der Waals surface area (Å²) in [7, 11) is 0. The molecule has 0 N–H and O–H groups in total. The Hall–Kier alpha value is -1.54. The maximum atomic E-state index is 2.26. The van der Waals surface area contributed by atoms with Gasteiger partial charge in [0, 0.05) is 17.3 Å². The van der Waals surface area contributed by atoms with Crippen molar-refractivity contribution in [1.82, 2.24) is 4.57 Å². The quantitative estimate of drug-likeness (QED) is 0.584. The summed E-state index contributed by atoms with van der Waals surface area (Å²) in [4.78, 5) is 1.32. The summed E-state index contributed by atoms with van der Waals surface area (Å²) >= 11 is 1.79. The number of rotatable bonds is 1. The molecular formula is C14H13NS. The van der Waals surface area contributed by atoms with Crippen LogP contribution in [0.2, 0.25) is 0 Å². The van der Waals surface area contributed by atoms with E-state index in [1.165, 1.54) is 27.0 Å². The zero-order valence-electron chi connectivity index (χ0n) is 9.40. The minimum Gasteiger partial charge on any atom is -0.308 e. The zero-order chi connectivity index (χ0) is 11.1. The smallest absolute Gasteiger partial charge is 0.107 e. The third-order valence-electron chi connectivity index (χ3n) is 2.78. The first kappa shape index (κ1) is 9.67. The van der Waals surface area contributed by atoms with E-state index in [0.717, 1.165) is 0 Å². The zero-order valence-corrected chi connectivity index (χ0v) is 10.2. The van der Waals surface area contributed by atoms with Gasteiger partial charge in [0.2, 0.25) is 0 Å². The number of thiophene rings is 1. The third-order valence-corrected chi connectivity index (χ3v) is 3.71. The summed E-state index contributed by atoms with van der Waals surface area (Å²) < 4.78 is 2.26. The van der Waals surface area contributed by atoms with Crippen LogP contribution in [0.25, 0.3) is 15.9 Å². The first-order valence-corrected chi connectivity index (χ1v) is 6.25. The van der Waals surface area contributed by atoms with Crippen molar-refractivity contribution in [3.63, 3.8) is 0 Å². The maximum absolute atomic E-state index is 2.26. The Kier molecular flexibility index (Phi) is 2.11. The second kappa shape index (κ2) is 3.49. The van der Waals surface area contributed by atoms with Crippen molar-refractivity contribution in [3.8, 4) is 5.69 Å². The lowest BCUT2D eigenvalue weighted by Crippen LogP contribution is -1.92. The van der Waals surface area contributed by atoms with Crippen LogP contribution in [0, 0.1) is 13.8 Å². The summed E-state index contributed by atoms with van der Waals surface area (Å²) in [6, 6.07) is 11.0. The third kappa shape index (κ3) is 1.46. The standard InChI is InChI=1S/C14H13NS/c1-10-7-11(2)9-13(8-10)15-5-3-12-4-6-16-14(12)15/h3-9H,1-2H3. The summed E-state index contributed by atoms with van der Waals surface area (Å²) in [5.41, 5.74) is 3.89. The fourth-order valence-electron chi connectivity index (χ4n) is 2.15. The van der Waals surface area contributed by atoms with E-state index in [0.29, 0.717) is 0 Å². The summed E-state index contributed by atoms with van der Waals surface area (Å²) in [6.07, 6.45) is 2.15. The Labute approximate surface area is 99.0 Å². The van der Waals surface area contributed by atoms with E-state index in [-0.39, 0.29) is 0 Å². The van der Waals surface area contributed by atoms with Gasteiger partial charge in [0.15, 0.2) is 0 Å².